The molecule has 3 aromatic carbocycles. The Balaban J connectivity index is 1.69. The van der Waals surface area contributed by atoms with Gasteiger partial charge in [0.25, 0.3) is 0 Å². The van der Waals surface area contributed by atoms with Crippen LogP contribution < -0.4 is 0 Å². The second kappa shape index (κ2) is 13.9. The van der Waals surface area contributed by atoms with Crippen LogP contribution in [-0.2, 0) is 0 Å². The first-order valence-corrected chi connectivity index (χ1v) is 12.4. The van der Waals surface area contributed by atoms with Gasteiger partial charge in [-0.2, -0.15) is 0 Å². The number of unbranched alkanes of at least 4 members (excludes halogenated alkanes) is 8. The third-order valence-corrected chi connectivity index (χ3v) is 6.32. The summed E-state index contributed by atoms with van der Waals surface area (Å²) >= 11 is 0. The van der Waals surface area contributed by atoms with Gasteiger partial charge in [-0.3, -0.25) is 0 Å². The Kier molecular flexibility index (Phi) is 10.4. The van der Waals surface area contributed by atoms with Crippen molar-refractivity contribution < 1.29 is 0 Å². The summed E-state index contributed by atoms with van der Waals surface area (Å²) in [6, 6.07) is 33.1. The van der Waals surface area contributed by atoms with E-state index in [4.69, 9.17) is 0 Å². The Morgan fingerprint density at radius 2 is 0.935 bits per heavy atom. The highest BCUT2D eigenvalue weighted by molar-refractivity contribution is 5.51. The molecule has 31 heavy (non-hydrogen) atoms. The molecule has 163 valence electrons. The van der Waals surface area contributed by atoms with Gasteiger partial charge in [-0.15, -0.1) is 0 Å². The van der Waals surface area contributed by atoms with Gasteiger partial charge >= 0.3 is 0 Å². The van der Waals surface area contributed by atoms with Gasteiger partial charge in [-0.05, 0) is 29.0 Å². The molecular formula is C31H39. The van der Waals surface area contributed by atoms with Crippen molar-refractivity contribution >= 4 is 0 Å². The lowest BCUT2D eigenvalue weighted by molar-refractivity contribution is 0.537. The van der Waals surface area contributed by atoms with Crippen molar-refractivity contribution in [2.24, 2.45) is 0 Å². The SMILES string of the molecule is CCCCCCCCCCCC([C](c1ccccc1)c1ccccc1)c1ccccc1. The van der Waals surface area contributed by atoms with E-state index in [-0.39, 0.29) is 0 Å². The zero-order valence-electron chi connectivity index (χ0n) is 19.3. The highest BCUT2D eigenvalue weighted by Gasteiger charge is 2.26. The average Bonchev–Trinajstić information content (AvgIpc) is 2.84. The largest absolute Gasteiger partial charge is 0.0654 e. The molecule has 0 bridgehead atoms. The molecule has 3 aromatic rings. The summed E-state index contributed by atoms with van der Waals surface area (Å²) in [7, 11) is 0. The average molecular weight is 412 g/mol. The Hall–Kier alpha value is -2.34. The molecule has 0 nitrogen and oxygen atoms in total. The van der Waals surface area contributed by atoms with Crippen molar-refractivity contribution in [2.45, 2.75) is 77.0 Å². The van der Waals surface area contributed by atoms with E-state index in [2.05, 4.69) is 97.9 Å². The van der Waals surface area contributed by atoms with Crippen LogP contribution in [0.25, 0.3) is 0 Å². The highest BCUT2D eigenvalue weighted by atomic mass is 14.3. The molecule has 0 spiro atoms. The van der Waals surface area contributed by atoms with E-state index in [1.165, 1.54) is 86.8 Å². The Labute approximate surface area is 190 Å². The predicted molar refractivity (Wildman–Crippen MR) is 135 cm³/mol. The van der Waals surface area contributed by atoms with Gasteiger partial charge in [0.2, 0.25) is 0 Å². The van der Waals surface area contributed by atoms with Crippen molar-refractivity contribution in [1.82, 2.24) is 0 Å². The molecule has 1 radical (unpaired) electrons. The molecule has 1 unspecified atom stereocenters. The molecule has 0 aromatic heterocycles. The van der Waals surface area contributed by atoms with Crippen LogP contribution in [0.4, 0.5) is 0 Å². The van der Waals surface area contributed by atoms with Crippen LogP contribution in [0.2, 0.25) is 0 Å². The van der Waals surface area contributed by atoms with Crippen molar-refractivity contribution in [1.29, 1.82) is 0 Å². The molecule has 0 saturated heterocycles. The van der Waals surface area contributed by atoms with Crippen LogP contribution in [0.3, 0.4) is 0 Å². The summed E-state index contributed by atoms with van der Waals surface area (Å²) in [6.45, 7) is 2.29. The summed E-state index contributed by atoms with van der Waals surface area (Å²) in [5.41, 5.74) is 4.13. The van der Waals surface area contributed by atoms with Gasteiger partial charge < -0.3 is 0 Å². The van der Waals surface area contributed by atoms with Crippen LogP contribution in [-0.4, -0.2) is 0 Å². The lowest BCUT2D eigenvalue weighted by Gasteiger charge is -2.28. The molecule has 0 saturated carbocycles. The molecule has 0 heterocycles. The van der Waals surface area contributed by atoms with Crippen molar-refractivity contribution in [3.8, 4) is 0 Å². The monoisotopic (exact) mass is 411 g/mol. The maximum absolute atomic E-state index is 2.31. The first-order valence-electron chi connectivity index (χ1n) is 12.4. The van der Waals surface area contributed by atoms with Crippen LogP contribution in [0.1, 0.15) is 93.7 Å². The molecule has 0 fully saturated rings. The molecule has 1 atom stereocenters. The number of hydrogen-bond donors (Lipinski definition) is 0. The molecule has 0 amide bonds. The smallest absolute Gasteiger partial charge is 0.0414 e. The molecule has 3 rings (SSSR count). The zero-order chi connectivity index (χ0) is 21.6. The van der Waals surface area contributed by atoms with E-state index in [0.29, 0.717) is 5.92 Å². The first kappa shape index (κ1) is 23.3. The summed E-state index contributed by atoms with van der Waals surface area (Å²) in [5, 5.41) is 0. The Bertz CT molecular complexity index is 767. The standard InChI is InChI=1S/C31H39/c1-2-3-4-5-6-7-8-9-19-26-30(27-20-13-10-14-21-27)31(28-22-15-11-16-23-28)29-24-17-12-18-25-29/h10-18,20-25,30H,2-9,19,26H2,1H3. The van der Waals surface area contributed by atoms with E-state index in [9.17, 15) is 0 Å². The third kappa shape index (κ3) is 7.69. The van der Waals surface area contributed by atoms with Gasteiger partial charge in [0, 0.05) is 5.92 Å². The first-order chi connectivity index (χ1) is 15.4. The topological polar surface area (TPSA) is 0 Å². The molecule has 0 N–H and O–H groups in total. The fourth-order valence-corrected chi connectivity index (χ4v) is 4.63. The van der Waals surface area contributed by atoms with E-state index in [1.54, 1.807) is 0 Å². The van der Waals surface area contributed by atoms with E-state index >= 15 is 0 Å². The fourth-order valence-electron chi connectivity index (χ4n) is 4.63. The maximum Gasteiger partial charge on any atom is 0.0414 e. The maximum atomic E-state index is 2.31. The Morgan fingerprint density at radius 3 is 1.42 bits per heavy atom. The number of rotatable bonds is 14. The second-order valence-electron chi connectivity index (χ2n) is 8.73. The number of hydrogen-bond acceptors (Lipinski definition) is 0. The van der Waals surface area contributed by atoms with Crippen LogP contribution in [0.5, 0.6) is 0 Å². The lowest BCUT2D eigenvalue weighted by Crippen LogP contribution is -2.14. The molecular weight excluding hydrogens is 372 g/mol. The Morgan fingerprint density at radius 1 is 0.516 bits per heavy atom. The van der Waals surface area contributed by atoms with E-state index in [0.717, 1.165) is 0 Å². The van der Waals surface area contributed by atoms with E-state index < -0.39 is 0 Å². The van der Waals surface area contributed by atoms with Crippen LogP contribution >= 0.6 is 0 Å². The van der Waals surface area contributed by atoms with Crippen LogP contribution in [0.15, 0.2) is 91.0 Å². The molecule has 0 aliphatic rings. The second-order valence-corrected chi connectivity index (χ2v) is 8.73. The van der Waals surface area contributed by atoms with Crippen LogP contribution in [0, 0.1) is 5.92 Å². The van der Waals surface area contributed by atoms with Gasteiger partial charge in [0.1, 0.15) is 0 Å². The molecule has 0 aliphatic heterocycles. The van der Waals surface area contributed by atoms with Crippen molar-refractivity contribution in [3.63, 3.8) is 0 Å². The molecule has 0 heteroatoms. The van der Waals surface area contributed by atoms with Gasteiger partial charge in [0.05, 0.1) is 0 Å². The van der Waals surface area contributed by atoms with Crippen molar-refractivity contribution in [2.75, 3.05) is 0 Å². The highest BCUT2D eigenvalue weighted by Crippen LogP contribution is 2.40. The fraction of sp³-hybridized carbons (Fsp3) is 0.387. The third-order valence-electron chi connectivity index (χ3n) is 6.32. The summed E-state index contributed by atoms with van der Waals surface area (Å²) in [5.74, 6) is 1.89. The minimum absolute atomic E-state index is 0.426. The zero-order valence-corrected chi connectivity index (χ0v) is 19.3. The normalized spacial score (nSPS) is 12.2. The summed E-state index contributed by atoms with van der Waals surface area (Å²) in [6.07, 6.45) is 13.6. The summed E-state index contributed by atoms with van der Waals surface area (Å²) < 4.78 is 0. The van der Waals surface area contributed by atoms with Gasteiger partial charge in [-0.25, -0.2) is 0 Å². The summed E-state index contributed by atoms with van der Waals surface area (Å²) in [4.78, 5) is 0. The quantitative estimate of drug-likeness (QED) is 0.232. The van der Waals surface area contributed by atoms with Gasteiger partial charge in [-0.1, -0.05) is 156 Å². The minimum atomic E-state index is 0.426. The minimum Gasteiger partial charge on any atom is -0.0654 e. The lowest BCUT2D eigenvalue weighted by atomic mass is 9.75. The van der Waals surface area contributed by atoms with Gasteiger partial charge in [0.15, 0.2) is 0 Å². The number of benzene rings is 3. The predicted octanol–water partition coefficient (Wildman–Crippen LogP) is 9.36. The van der Waals surface area contributed by atoms with E-state index in [1.807, 2.05) is 0 Å². The van der Waals surface area contributed by atoms with Crippen molar-refractivity contribution in [3.05, 3.63) is 114 Å². The molecule has 0 aliphatic carbocycles.